The van der Waals surface area contributed by atoms with Gasteiger partial charge in [0.15, 0.2) is 0 Å². The molecule has 2 nitrogen and oxygen atoms in total. The van der Waals surface area contributed by atoms with E-state index in [0.29, 0.717) is 0 Å². The van der Waals surface area contributed by atoms with Gasteiger partial charge in [-0.1, -0.05) is 23.8 Å². The molecule has 1 aromatic carbocycles. The summed E-state index contributed by atoms with van der Waals surface area (Å²) in [5.74, 6) is 0. The third-order valence-corrected chi connectivity index (χ3v) is 2.34. The number of hydrogen-bond acceptors (Lipinski definition) is 2. The van der Waals surface area contributed by atoms with E-state index in [0.717, 1.165) is 0 Å². The van der Waals surface area contributed by atoms with E-state index in [1.165, 1.54) is 16.7 Å². The highest BCUT2D eigenvalue weighted by molar-refractivity contribution is 5.32. The minimum atomic E-state index is 0.0555. The number of aliphatic hydroxyl groups is 1. The molecule has 1 rings (SSSR count). The van der Waals surface area contributed by atoms with Gasteiger partial charge in [-0.25, -0.2) is 0 Å². The smallest absolute Gasteiger partial charge is 0.0626 e. The molecule has 0 fully saturated rings. The van der Waals surface area contributed by atoms with Gasteiger partial charge in [-0.2, -0.15) is 0 Å². The number of benzene rings is 1. The molecule has 0 aliphatic heterocycles. The Balaban J connectivity index is 3.03. The summed E-state index contributed by atoms with van der Waals surface area (Å²) in [5.41, 5.74) is 3.64. The van der Waals surface area contributed by atoms with Gasteiger partial charge in [-0.15, -0.1) is 0 Å². The molecule has 0 aliphatic carbocycles. The van der Waals surface area contributed by atoms with Crippen molar-refractivity contribution in [3.63, 3.8) is 0 Å². The highest BCUT2D eigenvalue weighted by Crippen LogP contribution is 2.18. The molecule has 1 atom stereocenters. The summed E-state index contributed by atoms with van der Waals surface area (Å²) in [7, 11) is 1.86. The van der Waals surface area contributed by atoms with E-state index < -0.39 is 0 Å². The maximum absolute atomic E-state index is 9.13. The lowest BCUT2D eigenvalue weighted by Gasteiger charge is -2.16. The zero-order chi connectivity index (χ0) is 9.84. The fourth-order valence-electron chi connectivity index (χ4n) is 1.48. The lowest BCUT2D eigenvalue weighted by atomic mass is 9.99. The average Bonchev–Trinajstić information content (AvgIpc) is 2.13. The maximum Gasteiger partial charge on any atom is 0.0626 e. The van der Waals surface area contributed by atoms with Gasteiger partial charge in [0.05, 0.1) is 12.6 Å². The molecule has 2 N–H and O–H groups in total. The van der Waals surface area contributed by atoms with Crippen LogP contribution in [0.25, 0.3) is 0 Å². The molecular weight excluding hydrogens is 162 g/mol. The molecule has 0 bridgehead atoms. The van der Waals surface area contributed by atoms with E-state index in [2.05, 4.69) is 37.4 Å². The Bertz CT molecular complexity index is 279. The summed E-state index contributed by atoms with van der Waals surface area (Å²) in [6, 6.07) is 6.35. The van der Waals surface area contributed by atoms with E-state index in [-0.39, 0.29) is 12.6 Å². The van der Waals surface area contributed by atoms with Crippen LogP contribution in [0.1, 0.15) is 22.7 Å². The summed E-state index contributed by atoms with van der Waals surface area (Å²) in [4.78, 5) is 0. The van der Waals surface area contributed by atoms with Gasteiger partial charge < -0.3 is 10.4 Å². The first-order valence-electron chi connectivity index (χ1n) is 4.54. The first-order chi connectivity index (χ1) is 6.19. The van der Waals surface area contributed by atoms with Crippen LogP contribution in [-0.4, -0.2) is 18.8 Å². The van der Waals surface area contributed by atoms with Crippen molar-refractivity contribution >= 4 is 0 Å². The third-order valence-electron chi connectivity index (χ3n) is 2.34. The fourth-order valence-corrected chi connectivity index (χ4v) is 1.48. The summed E-state index contributed by atoms with van der Waals surface area (Å²) >= 11 is 0. The molecule has 0 saturated carbocycles. The topological polar surface area (TPSA) is 32.3 Å². The molecule has 0 saturated heterocycles. The number of likely N-dealkylation sites (N-methyl/N-ethyl adjacent to an activating group) is 1. The predicted octanol–water partition coefficient (Wildman–Crippen LogP) is 1.56. The van der Waals surface area contributed by atoms with Crippen molar-refractivity contribution in [2.24, 2.45) is 0 Å². The minimum absolute atomic E-state index is 0.0555. The molecule has 0 spiro atoms. The van der Waals surface area contributed by atoms with Gasteiger partial charge in [0.1, 0.15) is 0 Å². The van der Waals surface area contributed by atoms with E-state index in [1.54, 1.807) is 0 Å². The van der Waals surface area contributed by atoms with Crippen LogP contribution in [-0.2, 0) is 0 Å². The standard InChI is InChI=1S/C11H17NO/c1-8-4-5-9(2)10(6-8)11(7-13)12-3/h4-6,11-13H,7H2,1-3H3/t11-/m0/s1. The Morgan fingerprint density at radius 2 is 2.08 bits per heavy atom. The number of rotatable bonds is 3. The van der Waals surface area contributed by atoms with Gasteiger partial charge in [0, 0.05) is 0 Å². The second-order valence-corrected chi connectivity index (χ2v) is 3.38. The van der Waals surface area contributed by atoms with Crippen LogP contribution >= 0.6 is 0 Å². The zero-order valence-electron chi connectivity index (χ0n) is 8.46. The van der Waals surface area contributed by atoms with E-state index in [1.807, 2.05) is 7.05 Å². The minimum Gasteiger partial charge on any atom is -0.394 e. The first-order valence-corrected chi connectivity index (χ1v) is 4.54. The van der Waals surface area contributed by atoms with Crippen LogP contribution in [0.4, 0.5) is 0 Å². The highest BCUT2D eigenvalue weighted by Gasteiger charge is 2.09. The van der Waals surface area contributed by atoms with Crippen LogP contribution in [0.2, 0.25) is 0 Å². The molecule has 13 heavy (non-hydrogen) atoms. The van der Waals surface area contributed by atoms with Crippen LogP contribution in [0.15, 0.2) is 18.2 Å². The van der Waals surface area contributed by atoms with Crippen molar-refractivity contribution in [3.05, 3.63) is 34.9 Å². The summed E-state index contributed by atoms with van der Waals surface area (Å²) < 4.78 is 0. The van der Waals surface area contributed by atoms with Crippen molar-refractivity contribution in [2.75, 3.05) is 13.7 Å². The monoisotopic (exact) mass is 179 g/mol. The number of nitrogens with one attached hydrogen (secondary N) is 1. The molecular formula is C11H17NO. The van der Waals surface area contributed by atoms with Gasteiger partial charge in [-0.05, 0) is 32.0 Å². The second-order valence-electron chi connectivity index (χ2n) is 3.38. The average molecular weight is 179 g/mol. The Labute approximate surface area is 79.6 Å². The molecule has 0 heterocycles. The molecule has 0 amide bonds. The maximum atomic E-state index is 9.13. The number of aliphatic hydroxyl groups excluding tert-OH is 1. The summed E-state index contributed by atoms with van der Waals surface area (Å²) in [6.07, 6.45) is 0. The van der Waals surface area contributed by atoms with E-state index in [4.69, 9.17) is 5.11 Å². The molecule has 0 radical (unpaired) electrons. The van der Waals surface area contributed by atoms with Gasteiger partial charge in [-0.3, -0.25) is 0 Å². The second kappa shape index (κ2) is 4.40. The molecule has 0 aromatic heterocycles. The van der Waals surface area contributed by atoms with Crippen LogP contribution in [0.3, 0.4) is 0 Å². The van der Waals surface area contributed by atoms with Gasteiger partial charge in [0.25, 0.3) is 0 Å². The normalized spacial score (nSPS) is 12.9. The fraction of sp³-hybridized carbons (Fsp3) is 0.455. The zero-order valence-corrected chi connectivity index (χ0v) is 8.46. The Morgan fingerprint density at radius 1 is 1.38 bits per heavy atom. The third kappa shape index (κ3) is 2.29. The van der Waals surface area contributed by atoms with Crippen molar-refractivity contribution in [3.8, 4) is 0 Å². The van der Waals surface area contributed by atoms with Crippen LogP contribution < -0.4 is 5.32 Å². The van der Waals surface area contributed by atoms with Crippen molar-refractivity contribution < 1.29 is 5.11 Å². The molecule has 1 aromatic rings. The summed E-state index contributed by atoms with van der Waals surface area (Å²) in [6.45, 7) is 4.27. The number of hydrogen-bond donors (Lipinski definition) is 2. The highest BCUT2D eigenvalue weighted by atomic mass is 16.3. The van der Waals surface area contributed by atoms with Crippen LogP contribution in [0.5, 0.6) is 0 Å². The lowest BCUT2D eigenvalue weighted by molar-refractivity contribution is 0.250. The van der Waals surface area contributed by atoms with Crippen molar-refractivity contribution in [2.45, 2.75) is 19.9 Å². The number of aryl methyl sites for hydroxylation is 2. The Kier molecular flexibility index (Phi) is 3.46. The largest absolute Gasteiger partial charge is 0.394 e. The first kappa shape index (κ1) is 10.2. The Hall–Kier alpha value is -0.860. The summed E-state index contributed by atoms with van der Waals surface area (Å²) in [5, 5.41) is 12.2. The van der Waals surface area contributed by atoms with E-state index >= 15 is 0 Å². The van der Waals surface area contributed by atoms with Crippen LogP contribution in [0, 0.1) is 13.8 Å². The predicted molar refractivity (Wildman–Crippen MR) is 54.8 cm³/mol. The Morgan fingerprint density at radius 3 is 2.62 bits per heavy atom. The quantitative estimate of drug-likeness (QED) is 0.738. The molecule has 72 valence electrons. The van der Waals surface area contributed by atoms with Crippen molar-refractivity contribution in [1.82, 2.24) is 5.32 Å². The van der Waals surface area contributed by atoms with Gasteiger partial charge in [0.2, 0.25) is 0 Å². The van der Waals surface area contributed by atoms with Crippen molar-refractivity contribution in [1.29, 1.82) is 0 Å². The van der Waals surface area contributed by atoms with E-state index in [9.17, 15) is 0 Å². The SMILES string of the molecule is CN[C@@H](CO)c1cc(C)ccc1C. The lowest BCUT2D eigenvalue weighted by Crippen LogP contribution is -2.20. The molecule has 0 aliphatic rings. The molecule has 0 unspecified atom stereocenters. The van der Waals surface area contributed by atoms with Gasteiger partial charge >= 0.3 is 0 Å². The molecule has 2 heteroatoms.